The van der Waals surface area contributed by atoms with Crippen LogP contribution in [0, 0.1) is 62.1 Å². The second kappa shape index (κ2) is 70.2. The van der Waals surface area contributed by atoms with Gasteiger partial charge in [0.1, 0.15) is 64.3 Å². The van der Waals surface area contributed by atoms with Crippen molar-refractivity contribution in [2.24, 2.45) is 5.73 Å². The molecule has 0 spiro atoms. The SMILES string of the molecule is C.C.C.C.C.CC(C=O)O[Si](C)(C)C(C)(C)C.CC(CO)Nc1cc(Br)cc(F)c1[N+](=O)[O-].CC(N)CO.CC(O)c1nc2c(F)cc(Br)cc2n1C(C)CO.CC(O[Si](C)(C)C(C)(C)C)c1nc2c(F)cc(Br)cc2n1C(C)CO.CC1OCC(C)n2c1nc1c(F)cc(Br)cc12.Cc1ccc(S(=O)(=O)O)cc1.O=CO[O-].O=S(=O)=S(=O)=O.O=[N+]([O-])c1c(F)cc(Br)cc1F.[H-].[K+].[K+].[Na][Na]. The molecule has 0 aliphatic carbocycles. The van der Waals surface area contributed by atoms with Crippen LogP contribution in [0.25, 0.3) is 33.1 Å². The zero-order chi connectivity index (χ0) is 99.7. The van der Waals surface area contributed by atoms with E-state index in [9.17, 15) is 75.1 Å². The van der Waals surface area contributed by atoms with Crippen LogP contribution in [0.1, 0.15) is 202 Å². The van der Waals surface area contributed by atoms with Crippen LogP contribution in [0.2, 0.25) is 36.3 Å². The molecule has 9 atom stereocenters. The molecule has 1 aliphatic rings. The molecular formula is C82H125Br5F6K2N10Na2O23S3Si2. The number of aromatic nitrogens is 6. The number of hydrogen-bond donors (Lipinski definition) is 8. The van der Waals surface area contributed by atoms with Gasteiger partial charge in [0, 0.05) is 34.4 Å². The first-order valence-corrected chi connectivity index (χ1v) is 60.4. The molecular weight excluding hydrogens is 2280 g/mol. The molecule has 4 heterocycles. The van der Waals surface area contributed by atoms with Gasteiger partial charge in [-0.05, 0) is 178 Å². The summed E-state index contributed by atoms with van der Waals surface area (Å²) in [5.74, 6) is -2.63. The predicted molar refractivity (Wildman–Crippen MR) is 531 cm³/mol. The van der Waals surface area contributed by atoms with E-state index in [1.54, 1.807) is 57.4 Å². The molecule has 0 fully saturated rings. The Balaban J connectivity index is -0.000000192. The first-order valence-electron chi connectivity index (χ1n) is 38.5. The number of anilines is 1. The van der Waals surface area contributed by atoms with Crippen molar-refractivity contribution in [2.45, 2.75) is 244 Å². The van der Waals surface area contributed by atoms with Crippen molar-refractivity contribution in [2.75, 3.05) is 38.4 Å². The number of nitrogens with zero attached hydrogens (tertiary/aromatic N) is 8. The van der Waals surface area contributed by atoms with Crippen molar-refractivity contribution in [1.29, 1.82) is 0 Å². The molecule has 0 saturated heterocycles. The Labute approximate surface area is 949 Å². The Kier molecular flexibility index (Phi) is 77.2. The van der Waals surface area contributed by atoms with E-state index in [-0.39, 0.29) is 259 Å². The fourth-order valence-electron chi connectivity index (χ4n) is 10.2. The number of nitrogens with two attached hydrogens (primary N) is 1. The number of fused-ring (bicyclic) bond motifs is 5. The fraction of sp³-hybridized carbons (Fsp3) is 0.500. The standard InChI is InChI=1S/C18H28BrFN2O2Si.C12H14BrFN2O2.C12H12BrFN2O.C9H10BrFN2O3.C9H20O2Si.C7H8O3S.C6H2BrF2NO2.C3H9NO.CH2O3.5CH4.2K.2Na.O4S2.H/c1-11(10-23)22-15-9-13(19)8-14(20)16(15)21-17(22)12(2)24-25(6,7)18(3,4)5;1-6(5-17)16-10-4-8(13)3-9(14)11(10)15-12(16)7(2)18;1-6-5-17-7(2)12-15-11-9(14)3-8(13)4-10(11)16(6)12;1-5(4-14)12-8-3-6(10)2-7(11)9(8)13(15)16;1-8(7-10)11-12(5,6)9(2,3)4;1-6-2-4-7(5-3-6)11(8,9)10;7-3-1-4(8)6(10(11)12)5(9)2-3;1-3(4)2-5;2-1-4-3;;;;;;;;;;1-5(2)6(3)4;/h8-9,11-12,23H,10H2,1-7H3;3-4,6-7,17-18H,5H2,1-2H3;3-4,6-7H,5H2,1-2H3;2-3,5,12,14H,4H2,1H3;7-8H,1-6H3;2-5H,1H3,(H,8,9,10);1-2H;3,5H,2,4H2,1H3;1,3H;5*1H4;;;;;;/q;;;;;;;;;;;;;;2*+1;;;;-1/p-1. The molecule has 3 aromatic heterocycles. The molecule has 0 amide bonds. The number of nitro groups is 2. The van der Waals surface area contributed by atoms with Crippen LogP contribution in [0.15, 0.2) is 112 Å². The Morgan fingerprint density at radius 1 is 0.607 bits per heavy atom. The summed E-state index contributed by atoms with van der Waals surface area (Å²) < 4.78 is 172. The van der Waals surface area contributed by atoms with E-state index in [4.69, 9.17) is 61.0 Å². The Bertz CT molecular complexity index is 5520. The number of carbonyl (C=O) groups excluding carboxylic acids is 2. The van der Waals surface area contributed by atoms with Crippen LogP contribution >= 0.6 is 79.6 Å². The fourth-order valence-corrected chi connectivity index (χ4v) is 15.4. The van der Waals surface area contributed by atoms with Crippen molar-refractivity contribution in [3.8, 4) is 0 Å². The van der Waals surface area contributed by atoms with Gasteiger partial charge in [-0.3, -0.25) is 29.6 Å². The number of hydrogen-bond acceptors (Lipinski definition) is 27. The van der Waals surface area contributed by atoms with Crippen LogP contribution in [0.3, 0.4) is 0 Å². The zero-order valence-electron chi connectivity index (χ0n) is 77.1. The van der Waals surface area contributed by atoms with Crippen LogP contribution < -0.4 is 119 Å². The number of halogens is 11. The summed E-state index contributed by atoms with van der Waals surface area (Å²) in [7, 11) is -13.7. The van der Waals surface area contributed by atoms with E-state index in [0.29, 0.717) is 53.7 Å². The van der Waals surface area contributed by atoms with E-state index in [2.05, 4.69) is 184 Å². The number of aliphatic hydroxyl groups is 5. The summed E-state index contributed by atoms with van der Waals surface area (Å²) in [5, 5.41) is 77.6. The number of aliphatic hydroxyl groups excluding tert-OH is 5. The van der Waals surface area contributed by atoms with Gasteiger partial charge in [0.15, 0.2) is 34.1 Å². The summed E-state index contributed by atoms with van der Waals surface area (Å²) in [6, 6.07) is 18.9. The topological polar surface area (TPSA) is 496 Å². The minimum atomic E-state index is -4.02. The maximum atomic E-state index is 14.4. The van der Waals surface area contributed by atoms with Crippen molar-refractivity contribution in [1.82, 2.24) is 28.7 Å². The van der Waals surface area contributed by atoms with Gasteiger partial charge in [-0.2, -0.15) is 38.4 Å². The molecule has 0 saturated carbocycles. The van der Waals surface area contributed by atoms with Gasteiger partial charge in [0.2, 0.25) is 17.5 Å². The minimum absolute atomic E-state index is 0. The van der Waals surface area contributed by atoms with E-state index >= 15 is 0 Å². The molecule has 33 nitrogen and oxygen atoms in total. The summed E-state index contributed by atoms with van der Waals surface area (Å²) in [4.78, 5) is 53.5. The van der Waals surface area contributed by atoms with Crippen molar-refractivity contribution < 1.29 is 229 Å². The molecule has 9 aromatic rings. The van der Waals surface area contributed by atoms with Gasteiger partial charge in [0.25, 0.3) is 16.6 Å². The van der Waals surface area contributed by atoms with Crippen molar-refractivity contribution >= 4 is 231 Å². The number of nitro benzene ring substituents is 2. The summed E-state index contributed by atoms with van der Waals surface area (Å²) in [6.45, 7) is 40.1. The van der Waals surface area contributed by atoms with Gasteiger partial charge in [-0.25, -0.2) is 28.1 Å². The van der Waals surface area contributed by atoms with Crippen LogP contribution in [-0.4, -0.2) is 218 Å². The number of aldehydes is 1. The van der Waals surface area contributed by atoms with Gasteiger partial charge in [0.05, 0.1) is 88.6 Å². The quantitative estimate of drug-likeness (QED) is 0.00709. The molecule has 6 aromatic carbocycles. The monoisotopic (exact) mass is 2400 g/mol. The van der Waals surface area contributed by atoms with Gasteiger partial charge in [-0.1, -0.05) is 176 Å². The van der Waals surface area contributed by atoms with Gasteiger partial charge in [-0.15, -0.1) is 0 Å². The number of rotatable bonds is 19. The molecule has 10 rings (SSSR count). The Morgan fingerprint density at radius 2 is 0.941 bits per heavy atom. The second-order valence-corrected chi connectivity index (χ2v) is 48.8. The van der Waals surface area contributed by atoms with E-state index < -0.39 is 102 Å². The summed E-state index contributed by atoms with van der Waals surface area (Å²) in [6.07, 6.45) is -0.603. The van der Waals surface area contributed by atoms with Crippen LogP contribution in [-0.2, 0) is 56.7 Å². The number of nitrogens with one attached hydrogen (secondary N) is 1. The second-order valence-electron chi connectivity index (χ2n) is 30.9. The summed E-state index contributed by atoms with van der Waals surface area (Å²) in [5.41, 5.74) is 7.27. The zero-order valence-corrected chi connectivity index (χ0v) is 98.8. The van der Waals surface area contributed by atoms with Crippen molar-refractivity contribution in [3.05, 3.63) is 185 Å². The van der Waals surface area contributed by atoms with Crippen LogP contribution in [0.5, 0.6) is 0 Å². The number of ether oxygens (including phenoxy) is 1. The average molecular weight is 2410 g/mol. The number of benzene rings is 6. The summed E-state index contributed by atoms with van der Waals surface area (Å²) >= 11 is 18.6. The third-order valence-corrected chi connectivity index (χ3v) is 31.5. The van der Waals surface area contributed by atoms with E-state index in [1.165, 1.54) is 80.0 Å². The third-order valence-electron chi connectivity index (χ3n) is 18.3. The molecule has 748 valence electrons. The van der Waals surface area contributed by atoms with E-state index in [0.717, 1.165) is 45.9 Å². The number of imidazole rings is 3. The molecule has 135 heavy (non-hydrogen) atoms. The Morgan fingerprint density at radius 3 is 1.27 bits per heavy atom. The van der Waals surface area contributed by atoms with Gasteiger partial charge < -0.3 is 80.2 Å². The third kappa shape index (κ3) is 48.9. The molecule has 9 unspecified atom stereocenters. The number of aryl methyl sites for hydroxylation is 1. The van der Waals surface area contributed by atoms with Crippen molar-refractivity contribution in [3.63, 3.8) is 0 Å². The normalized spacial score (nSPS) is 13.7. The average Bonchev–Trinajstić information content (AvgIpc) is 1.57. The predicted octanol–water partition coefficient (Wildman–Crippen LogP) is 13.4. The van der Waals surface area contributed by atoms with E-state index in [1.807, 2.05) is 44.4 Å². The first-order chi connectivity index (χ1) is 58.9. The maximum absolute atomic E-state index is 14.4. The Hall–Kier alpha value is -1.69. The molecule has 9 N–H and O–H groups in total. The van der Waals surface area contributed by atoms with Crippen LogP contribution in [0.4, 0.5) is 43.4 Å². The van der Waals surface area contributed by atoms with Gasteiger partial charge >= 0.3 is 176 Å². The molecule has 0 bridgehead atoms. The molecule has 0 radical (unpaired) electrons. The molecule has 1 aliphatic heterocycles. The number of carbonyl (C=O) groups is 2. The molecule has 53 heteroatoms. The first kappa shape index (κ1) is 149.